The molecule has 0 N–H and O–H groups in total. The molecule has 0 atom stereocenters. The fourth-order valence-corrected chi connectivity index (χ4v) is 3.53. The zero-order valence-corrected chi connectivity index (χ0v) is 15.6. The van der Waals surface area contributed by atoms with Gasteiger partial charge in [-0.15, -0.1) is 0 Å². The van der Waals surface area contributed by atoms with Crippen molar-refractivity contribution in [3.63, 3.8) is 0 Å². The van der Waals surface area contributed by atoms with Gasteiger partial charge in [0.05, 0.1) is 5.52 Å². The number of carbonyl (C=O) groups excluding carboxylic acids is 1. The Kier molecular flexibility index (Phi) is 5.09. The number of halogens is 3. The minimum atomic E-state index is -2.74. The normalized spacial score (nSPS) is 14.7. The van der Waals surface area contributed by atoms with Crippen molar-refractivity contribution in [3.8, 4) is 0 Å². The molecule has 0 bridgehead atoms. The summed E-state index contributed by atoms with van der Waals surface area (Å²) in [4.78, 5) is 24.4. The Labute approximate surface area is 165 Å². The molecule has 1 saturated heterocycles. The van der Waals surface area contributed by atoms with Crippen molar-refractivity contribution in [3.05, 3.63) is 64.9 Å². The number of fused-ring (bicyclic) bond motifs is 1. The van der Waals surface area contributed by atoms with Gasteiger partial charge in [-0.05, 0) is 30.3 Å². The van der Waals surface area contributed by atoms with Crippen molar-refractivity contribution < 1.29 is 13.6 Å². The molecule has 1 amide bonds. The van der Waals surface area contributed by atoms with E-state index in [1.807, 2.05) is 17.0 Å². The van der Waals surface area contributed by atoms with Gasteiger partial charge in [0.15, 0.2) is 5.82 Å². The van der Waals surface area contributed by atoms with Crippen LogP contribution in [0.15, 0.2) is 48.5 Å². The number of carbonyl (C=O) groups is 1. The summed E-state index contributed by atoms with van der Waals surface area (Å²) in [6.07, 6.45) is -2.74. The summed E-state index contributed by atoms with van der Waals surface area (Å²) in [6, 6.07) is 13.9. The van der Waals surface area contributed by atoms with Crippen LogP contribution in [0.25, 0.3) is 10.9 Å². The van der Waals surface area contributed by atoms with Crippen LogP contribution in [-0.2, 0) is 0 Å². The van der Waals surface area contributed by atoms with Gasteiger partial charge in [0.1, 0.15) is 5.82 Å². The maximum atomic E-state index is 13.2. The minimum Gasteiger partial charge on any atom is -0.352 e. The molecule has 0 aliphatic carbocycles. The van der Waals surface area contributed by atoms with Crippen LogP contribution in [0.5, 0.6) is 0 Å². The van der Waals surface area contributed by atoms with Gasteiger partial charge in [0.25, 0.3) is 12.3 Å². The van der Waals surface area contributed by atoms with E-state index >= 15 is 0 Å². The highest BCUT2D eigenvalue weighted by Gasteiger charge is 2.25. The lowest BCUT2D eigenvalue weighted by molar-refractivity contribution is 0.0746. The summed E-state index contributed by atoms with van der Waals surface area (Å²) in [7, 11) is 0. The summed E-state index contributed by atoms with van der Waals surface area (Å²) in [5, 5.41) is 1.23. The number of anilines is 1. The second-order valence-corrected chi connectivity index (χ2v) is 6.95. The largest absolute Gasteiger partial charge is 0.352 e. The van der Waals surface area contributed by atoms with Crippen molar-refractivity contribution >= 4 is 34.2 Å². The molecular weight excluding hydrogens is 386 g/mol. The molecule has 0 unspecified atom stereocenters. The first-order chi connectivity index (χ1) is 13.5. The highest BCUT2D eigenvalue weighted by molar-refractivity contribution is 6.30. The van der Waals surface area contributed by atoms with E-state index in [9.17, 15) is 13.6 Å². The number of piperazine rings is 1. The van der Waals surface area contributed by atoms with Crippen molar-refractivity contribution in [1.82, 2.24) is 14.9 Å². The van der Waals surface area contributed by atoms with Gasteiger partial charge in [-0.25, -0.2) is 18.7 Å². The van der Waals surface area contributed by atoms with E-state index in [1.165, 1.54) is 0 Å². The van der Waals surface area contributed by atoms with Gasteiger partial charge in [-0.2, -0.15) is 0 Å². The number of para-hydroxylation sites is 1. The Bertz CT molecular complexity index is 1020. The first-order valence-electron chi connectivity index (χ1n) is 8.87. The summed E-state index contributed by atoms with van der Waals surface area (Å²) in [5.74, 6) is -0.0927. The topological polar surface area (TPSA) is 49.3 Å². The van der Waals surface area contributed by atoms with Crippen LogP contribution >= 0.6 is 11.6 Å². The van der Waals surface area contributed by atoms with Gasteiger partial charge >= 0.3 is 0 Å². The van der Waals surface area contributed by atoms with Crippen LogP contribution in [0.4, 0.5) is 14.6 Å². The molecule has 0 saturated carbocycles. The SMILES string of the molecule is O=C(c1cccc(Cl)c1)N1CCN(c2nc(C(F)F)nc3ccccc23)CC1. The van der Waals surface area contributed by atoms with E-state index < -0.39 is 12.2 Å². The lowest BCUT2D eigenvalue weighted by Gasteiger charge is -2.36. The Morgan fingerprint density at radius 1 is 1.00 bits per heavy atom. The first-order valence-corrected chi connectivity index (χ1v) is 9.25. The number of amides is 1. The first kappa shape index (κ1) is 18.6. The molecule has 1 aliphatic heterocycles. The quantitative estimate of drug-likeness (QED) is 0.659. The number of rotatable bonds is 3. The Morgan fingerprint density at radius 3 is 2.46 bits per heavy atom. The summed E-state index contributed by atoms with van der Waals surface area (Å²) in [6.45, 7) is 1.92. The van der Waals surface area contributed by atoms with E-state index in [1.54, 1.807) is 41.3 Å². The number of hydrogen-bond acceptors (Lipinski definition) is 4. The number of nitrogens with zero attached hydrogens (tertiary/aromatic N) is 4. The Balaban J connectivity index is 1.56. The van der Waals surface area contributed by atoms with Gasteiger partial charge < -0.3 is 9.80 Å². The average Bonchev–Trinajstić information content (AvgIpc) is 2.72. The van der Waals surface area contributed by atoms with Gasteiger partial charge in [-0.1, -0.05) is 29.8 Å². The maximum absolute atomic E-state index is 13.2. The molecule has 28 heavy (non-hydrogen) atoms. The highest BCUT2D eigenvalue weighted by atomic mass is 35.5. The third-order valence-corrected chi connectivity index (χ3v) is 4.97. The van der Waals surface area contributed by atoms with Crippen molar-refractivity contribution in [2.24, 2.45) is 0 Å². The van der Waals surface area contributed by atoms with E-state index in [0.29, 0.717) is 48.1 Å². The zero-order valence-electron chi connectivity index (χ0n) is 14.9. The summed E-state index contributed by atoms with van der Waals surface area (Å²) < 4.78 is 26.4. The highest BCUT2D eigenvalue weighted by Crippen LogP contribution is 2.28. The maximum Gasteiger partial charge on any atom is 0.297 e. The minimum absolute atomic E-state index is 0.0945. The fraction of sp³-hybridized carbons (Fsp3) is 0.250. The molecule has 1 aliphatic rings. The van der Waals surface area contributed by atoms with Gasteiger partial charge in [0, 0.05) is 42.2 Å². The molecule has 5 nitrogen and oxygen atoms in total. The molecule has 2 heterocycles. The number of benzene rings is 2. The molecule has 2 aromatic carbocycles. The summed E-state index contributed by atoms with van der Waals surface area (Å²) in [5.41, 5.74) is 1.02. The van der Waals surface area contributed by atoms with Crippen LogP contribution < -0.4 is 4.90 Å². The van der Waals surface area contributed by atoms with Crippen LogP contribution in [0, 0.1) is 0 Å². The molecule has 3 aromatic rings. The smallest absolute Gasteiger partial charge is 0.297 e. The van der Waals surface area contributed by atoms with Crippen molar-refractivity contribution in [1.29, 1.82) is 0 Å². The van der Waals surface area contributed by atoms with E-state index in [-0.39, 0.29) is 5.91 Å². The Morgan fingerprint density at radius 2 is 1.75 bits per heavy atom. The predicted molar refractivity (Wildman–Crippen MR) is 104 cm³/mol. The lowest BCUT2D eigenvalue weighted by Crippen LogP contribution is -2.49. The summed E-state index contributed by atoms with van der Waals surface area (Å²) >= 11 is 5.97. The second-order valence-electron chi connectivity index (χ2n) is 6.51. The van der Waals surface area contributed by atoms with Crippen LogP contribution in [-0.4, -0.2) is 47.0 Å². The third-order valence-electron chi connectivity index (χ3n) is 4.73. The molecule has 1 aromatic heterocycles. The van der Waals surface area contributed by atoms with E-state index in [0.717, 1.165) is 5.39 Å². The Hall–Kier alpha value is -2.80. The predicted octanol–water partition coefficient (Wildman–Crippen LogP) is 4.18. The monoisotopic (exact) mass is 402 g/mol. The van der Waals surface area contributed by atoms with Crippen LogP contribution in [0.2, 0.25) is 5.02 Å². The lowest BCUT2D eigenvalue weighted by atomic mass is 10.1. The average molecular weight is 403 g/mol. The van der Waals surface area contributed by atoms with Crippen molar-refractivity contribution in [2.75, 3.05) is 31.1 Å². The van der Waals surface area contributed by atoms with E-state index in [4.69, 9.17) is 11.6 Å². The number of alkyl halides is 2. The molecule has 144 valence electrons. The molecular formula is C20H17ClF2N4O. The molecule has 0 spiro atoms. The van der Waals surface area contributed by atoms with Gasteiger partial charge in [-0.3, -0.25) is 4.79 Å². The zero-order chi connectivity index (χ0) is 19.7. The molecule has 4 rings (SSSR count). The van der Waals surface area contributed by atoms with Crippen LogP contribution in [0.1, 0.15) is 22.6 Å². The fourth-order valence-electron chi connectivity index (χ4n) is 3.34. The molecule has 0 radical (unpaired) electrons. The molecule has 1 fully saturated rings. The third kappa shape index (κ3) is 3.62. The standard InChI is InChI=1S/C20H17ClF2N4O/c21-14-5-3-4-13(12-14)20(28)27-10-8-26(9-11-27)19-15-6-1-2-7-16(15)24-18(25-19)17(22)23/h1-7,12,17H,8-11H2. The number of aromatic nitrogens is 2. The van der Waals surface area contributed by atoms with E-state index in [2.05, 4.69) is 9.97 Å². The van der Waals surface area contributed by atoms with Crippen molar-refractivity contribution in [2.45, 2.75) is 6.43 Å². The second kappa shape index (κ2) is 7.67. The van der Waals surface area contributed by atoms with Crippen LogP contribution in [0.3, 0.4) is 0 Å². The molecule has 8 heteroatoms. The number of hydrogen-bond donors (Lipinski definition) is 0. The van der Waals surface area contributed by atoms with Gasteiger partial charge in [0.2, 0.25) is 0 Å².